The molecule has 1 aromatic heterocycles. The molecule has 6 nitrogen and oxygen atoms in total. The summed E-state index contributed by atoms with van der Waals surface area (Å²) >= 11 is 0. The Balaban J connectivity index is 1.62. The Labute approximate surface area is 124 Å². The van der Waals surface area contributed by atoms with Gasteiger partial charge in [-0.3, -0.25) is 4.90 Å². The van der Waals surface area contributed by atoms with Gasteiger partial charge in [0.1, 0.15) is 5.75 Å². The first kappa shape index (κ1) is 14.0. The number of hydrogen-bond donors (Lipinski definition) is 0. The monoisotopic (exact) mass is 288 g/mol. The van der Waals surface area contributed by atoms with Gasteiger partial charge < -0.3 is 9.47 Å². The molecule has 0 amide bonds. The Morgan fingerprint density at radius 1 is 1.29 bits per heavy atom. The molecule has 0 bridgehead atoms. The average molecular weight is 288 g/mol. The maximum absolute atomic E-state index is 5.35. The van der Waals surface area contributed by atoms with Crippen LogP contribution in [-0.2, 0) is 11.2 Å². The number of benzene rings is 1. The highest BCUT2D eigenvalue weighted by Crippen LogP contribution is 2.15. The number of ether oxygens (including phenoxy) is 2. The molecule has 0 spiro atoms. The summed E-state index contributed by atoms with van der Waals surface area (Å²) in [4.78, 5) is 2.40. The molecule has 21 heavy (non-hydrogen) atoms. The van der Waals surface area contributed by atoms with E-state index in [1.54, 1.807) is 11.8 Å². The van der Waals surface area contributed by atoms with Gasteiger partial charge in [0.25, 0.3) is 0 Å². The summed E-state index contributed by atoms with van der Waals surface area (Å²) in [6, 6.07) is 7.80. The third kappa shape index (κ3) is 3.59. The molecule has 0 radical (unpaired) electrons. The maximum Gasteiger partial charge on any atom is 0.121 e. The summed E-state index contributed by atoms with van der Waals surface area (Å²) < 4.78 is 12.4. The zero-order chi connectivity index (χ0) is 14.5. The van der Waals surface area contributed by atoms with Crippen molar-refractivity contribution in [3.05, 3.63) is 36.2 Å². The Hall–Kier alpha value is -1.92. The van der Waals surface area contributed by atoms with Crippen molar-refractivity contribution in [3.63, 3.8) is 0 Å². The summed E-state index contributed by atoms with van der Waals surface area (Å²) in [5.41, 5.74) is 1.96. The van der Waals surface area contributed by atoms with Gasteiger partial charge in [0, 0.05) is 32.1 Å². The minimum atomic E-state index is 0.817. The van der Waals surface area contributed by atoms with Crippen LogP contribution in [0.4, 0.5) is 0 Å². The second kappa shape index (κ2) is 6.69. The van der Waals surface area contributed by atoms with Gasteiger partial charge in [-0.25, -0.2) is 4.68 Å². The smallest absolute Gasteiger partial charge is 0.121 e. The fraction of sp³-hybridized carbons (Fsp3) is 0.467. The van der Waals surface area contributed by atoms with Crippen molar-refractivity contribution < 1.29 is 9.47 Å². The molecule has 0 atom stereocenters. The molecule has 112 valence electrons. The van der Waals surface area contributed by atoms with E-state index >= 15 is 0 Å². The summed E-state index contributed by atoms with van der Waals surface area (Å²) in [6.07, 6.45) is 2.89. The van der Waals surface area contributed by atoms with Crippen LogP contribution in [0, 0.1) is 0 Å². The lowest BCUT2D eigenvalue weighted by molar-refractivity contribution is 0.0383. The molecule has 0 unspecified atom stereocenters. The van der Waals surface area contributed by atoms with E-state index in [0.717, 1.165) is 56.4 Å². The van der Waals surface area contributed by atoms with Gasteiger partial charge in [-0.05, 0) is 12.1 Å². The fourth-order valence-electron chi connectivity index (χ4n) is 2.39. The Morgan fingerprint density at radius 3 is 2.95 bits per heavy atom. The lowest BCUT2D eigenvalue weighted by atomic mass is 10.3. The van der Waals surface area contributed by atoms with E-state index < -0.39 is 0 Å². The van der Waals surface area contributed by atoms with Crippen molar-refractivity contribution >= 4 is 0 Å². The molecule has 2 heterocycles. The summed E-state index contributed by atoms with van der Waals surface area (Å²) in [5.74, 6) is 0.817. The first-order valence-electron chi connectivity index (χ1n) is 7.21. The van der Waals surface area contributed by atoms with Crippen LogP contribution < -0.4 is 4.74 Å². The maximum atomic E-state index is 5.35. The number of nitrogens with zero attached hydrogens (tertiary/aromatic N) is 4. The normalized spacial score (nSPS) is 16.0. The predicted molar refractivity (Wildman–Crippen MR) is 78.9 cm³/mol. The molecule has 1 aliphatic heterocycles. The van der Waals surface area contributed by atoms with Crippen LogP contribution in [0.25, 0.3) is 5.69 Å². The Kier molecular flexibility index (Phi) is 4.47. The number of morpholine rings is 1. The summed E-state index contributed by atoms with van der Waals surface area (Å²) in [6.45, 7) is 4.67. The largest absolute Gasteiger partial charge is 0.497 e. The van der Waals surface area contributed by atoms with Crippen LogP contribution in [0.15, 0.2) is 30.5 Å². The highest BCUT2D eigenvalue weighted by molar-refractivity contribution is 5.38. The quantitative estimate of drug-likeness (QED) is 0.826. The molecule has 0 N–H and O–H groups in total. The highest BCUT2D eigenvalue weighted by Gasteiger charge is 2.11. The van der Waals surface area contributed by atoms with E-state index in [0.29, 0.717) is 0 Å². The number of methoxy groups -OCH3 is 1. The molecular weight excluding hydrogens is 268 g/mol. The standard InChI is InChI=1S/C15H20N4O2/c1-20-15-4-2-3-14(11-15)19-12-13(16-17-19)5-6-18-7-9-21-10-8-18/h2-4,11-12H,5-10H2,1H3. The van der Waals surface area contributed by atoms with Gasteiger partial charge >= 0.3 is 0 Å². The average Bonchev–Trinajstić information content (AvgIpc) is 3.03. The molecular formula is C15H20N4O2. The van der Waals surface area contributed by atoms with Crippen LogP contribution in [-0.4, -0.2) is 59.9 Å². The van der Waals surface area contributed by atoms with Crippen LogP contribution >= 0.6 is 0 Å². The van der Waals surface area contributed by atoms with Crippen LogP contribution in [0.5, 0.6) is 5.75 Å². The van der Waals surface area contributed by atoms with Crippen molar-refractivity contribution in [3.8, 4) is 11.4 Å². The lowest BCUT2D eigenvalue weighted by Crippen LogP contribution is -2.37. The summed E-state index contributed by atoms with van der Waals surface area (Å²) in [5, 5.41) is 8.44. The molecule has 1 aromatic carbocycles. The summed E-state index contributed by atoms with van der Waals surface area (Å²) in [7, 11) is 1.66. The predicted octanol–water partition coefficient (Wildman–Crippen LogP) is 1.15. The zero-order valence-corrected chi connectivity index (χ0v) is 12.2. The van der Waals surface area contributed by atoms with Gasteiger partial charge in [0.2, 0.25) is 0 Å². The van der Waals surface area contributed by atoms with Crippen LogP contribution in [0.2, 0.25) is 0 Å². The molecule has 0 saturated carbocycles. The van der Waals surface area contributed by atoms with Crippen LogP contribution in [0.3, 0.4) is 0 Å². The SMILES string of the molecule is COc1cccc(-n2cc(CCN3CCOCC3)nn2)c1. The van der Waals surface area contributed by atoms with E-state index in [9.17, 15) is 0 Å². The second-order valence-electron chi connectivity index (χ2n) is 5.06. The van der Waals surface area contributed by atoms with Crippen molar-refractivity contribution in [2.45, 2.75) is 6.42 Å². The zero-order valence-electron chi connectivity index (χ0n) is 12.2. The first-order chi connectivity index (χ1) is 10.3. The molecule has 1 aliphatic rings. The van der Waals surface area contributed by atoms with Crippen LogP contribution in [0.1, 0.15) is 5.69 Å². The molecule has 2 aromatic rings. The Bertz CT molecular complexity index is 579. The van der Waals surface area contributed by atoms with E-state index in [1.807, 2.05) is 30.5 Å². The molecule has 1 fully saturated rings. The van der Waals surface area contributed by atoms with Gasteiger partial charge in [-0.1, -0.05) is 11.3 Å². The third-order valence-electron chi connectivity index (χ3n) is 3.65. The van der Waals surface area contributed by atoms with E-state index in [2.05, 4.69) is 15.2 Å². The third-order valence-corrected chi connectivity index (χ3v) is 3.65. The van der Waals surface area contributed by atoms with Gasteiger partial charge in [0.05, 0.1) is 37.9 Å². The first-order valence-corrected chi connectivity index (χ1v) is 7.21. The minimum Gasteiger partial charge on any atom is -0.497 e. The Morgan fingerprint density at radius 2 is 2.14 bits per heavy atom. The number of rotatable bonds is 5. The topological polar surface area (TPSA) is 52.4 Å². The van der Waals surface area contributed by atoms with Gasteiger partial charge in [-0.15, -0.1) is 5.10 Å². The number of aromatic nitrogens is 3. The molecule has 6 heteroatoms. The minimum absolute atomic E-state index is 0.817. The van der Waals surface area contributed by atoms with Gasteiger partial charge in [-0.2, -0.15) is 0 Å². The van der Waals surface area contributed by atoms with Crippen molar-refractivity contribution in [1.29, 1.82) is 0 Å². The van der Waals surface area contributed by atoms with E-state index in [1.165, 1.54) is 0 Å². The van der Waals surface area contributed by atoms with E-state index in [4.69, 9.17) is 9.47 Å². The van der Waals surface area contributed by atoms with Crippen molar-refractivity contribution in [2.75, 3.05) is 40.0 Å². The number of hydrogen-bond acceptors (Lipinski definition) is 5. The van der Waals surface area contributed by atoms with E-state index in [-0.39, 0.29) is 0 Å². The molecule has 3 rings (SSSR count). The van der Waals surface area contributed by atoms with Crippen molar-refractivity contribution in [2.24, 2.45) is 0 Å². The second-order valence-corrected chi connectivity index (χ2v) is 5.06. The van der Waals surface area contributed by atoms with Gasteiger partial charge in [0.15, 0.2) is 0 Å². The fourth-order valence-corrected chi connectivity index (χ4v) is 2.39. The molecule has 0 aliphatic carbocycles. The highest BCUT2D eigenvalue weighted by atomic mass is 16.5. The molecule has 1 saturated heterocycles. The van der Waals surface area contributed by atoms with Crippen molar-refractivity contribution in [1.82, 2.24) is 19.9 Å². The lowest BCUT2D eigenvalue weighted by Gasteiger charge is -2.25.